The van der Waals surface area contributed by atoms with Crippen LogP contribution in [0, 0.1) is 0 Å². The minimum Gasteiger partial charge on any atom is -0.309 e. The summed E-state index contributed by atoms with van der Waals surface area (Å²) in [5, 5.41) is 22.5. The van der Waals surface area contributed by atoms with E-state index in [1.54, 1.807) is 6.20 Å². The number of nitrogens with zero attached hydrogens (tertiary/aromatic N) is 12. The summed E-state index contributed by atoms with van der Waals surface area (Å²) in [4.78, 5) is 49.6. The molecule has 25 aromatic rings. The molecule has 12 nitrogen and oxygen atoms in total. The van der Waals surface area contributed by atoms with E-state index in [4.69, 9.17) is 68.0 Å². The third-order valence-corrected chi connectivity index (χ3v) is 25.5. The summed E-state index contributed by atoms with van der Waals surface area (Å²) in [6.45, 7) is 4.59. The topological polar surface area (TPSA) is 147 Å². The molecule has 0 spiro atoms. The second-order valence-corrected chi connectivity index (χ2v) is 34.3. The quantitative estimate of drug-likeness (QED) is 0.116. The van der Waals surface area contributed by atoms with Gasteiger partial charge in [-0.15, -0.1) is 0 Å². The molecule has 0 N–H and O–H groups in total. The Kier molecular flexibility index (Phi) is 21.3. The Labute approximate surface area is 776 Å². The van der Waals surface area contributed by atoms with Gasteiger partial charge in [0.15, 0.2) is 0 Å². The fourth-order valence-electron chi connectivity index (χ4n) is 18.7. The molecule has 7 heterocycles. The largest absolute Gasteiger partial charge is 0.309 e. The van der Waals surface area contributed by atoms with E-state index < -0.39 is 0 Å². The van der Waals surface area contributed by atoms with Gasteiger partial charge < -0.3 is 4.57 Å². The second kappa shape index (κ2) is 34.3. The number of pyridine rings is 1. The van der Waals surface area contributed by atoms with E-state index >= 15 is 0 Å². The highest BCUT2D eigenvalue weighted by Crippen LogP contribution is 2.51. The summed E-state index contributed by atoms with van der Waals surface area (Å²) >= 11 is 31.3. The molecule has 0 radical (unpaired) electrons. The maximum atomic E-state index is 6.40. The second-order valence-electron chi connectivity index (χ2n) is 32.6. The van der Waals surface area contributed by atoms with Gasteiger partial charge in [-0.05, 0) is 213 Å². The average molecular weight is 1790 g/mol. The van der Waals surface area contributed by atoms with E-state index in [1.807, 2.05) is 127 Å². The maximum absolute atomic E-state index is 6.40. The monoisotopic (exact) mass is 1780 g/mol. The molecule has 131 heavy (non-hydrogen) atoms. The van der Waals surface area contributed by atoms with Crippen LogP contribution in [0.25, 0.3) is 214 Å². The number of aromatic nitrogens is 12. The Balaban J connectivity index is 0.0000000971. The lowest BCUT2D eigenvalue weighted by atomic mass is 9.81. The van der Waals surface area contributed by atoms with Crippen molar-refractivity contribution in [3.05, 3.63) is 432 Å². The first-order valence-electron chi connectivity index (χ1n) is 42.8. The highest BCUT2D eigenvalue weighted by molar-refractivity contribution is 6.32. The first kappa shape index (κ1) is 81.4. The molecule has 0 amide bonds. The van der Waals surface area contributed by atoms with Crippen molar-refractivity contribution in [2.75, 3.05) is 0 Å². The highest BCUT2D eigenvalue weighted by Gasteiger charge is 2.36. The summed E-state index contributed by atoms with van der Waals surface area (Å²) in [7, 11) is 0. The van der Waals surface area contributed by atoms with E-state index in [2.05, 4.69) is 324 Å². The number of benzene rings is 18. The van der Waals surface area contributed by atoms with Crippen LogP contribution in [0.15, 0.2) is 394 Å². The molecule has 18 aromatic carbocycles. The molecule has 17 heteroatoms. The van der Waals surface area contributed by atoms with Crippen molar-refractivity contribution in [3.63, 3.8) is 0 Å². The number of rotatable bonds is 6. The van der Waals surface area contributed by atoms with Crippen LogP contribution in [0.1, 0.15) is 25.0 Å². The first-order chi connectivity index (χ1) is 64.3. The zero-order chi connectivity index (χ0) is 88.4. The molecule has 0 saturated heterocycles. The van der Waals surface area contributed by atoms with Crippen LogP contribution in [0.2, 0.25) is 26.4 Å². The van der Waals surface area contributed by atoms with Crippen LogP contribution in [0.5, 0.6) is 0 Å². The van der Waals surface area contributed by atoms with Gasteiger partial charge in [-0.2, -0.15) is 0 Å². The fourth-order valence-corrected chi connectivity index (χ4v) is 19.5. The third-order valence-electron chi connectivity index (χ3n) is 24.6. The SMILES string of the molecule is CC1(C)c2ccccc2-c2ccc(-c3nc(Cl)nc4ccc5ccccc5c34)cc21.Clc1nc(-c2ccc3c(c2)c2ccccc2n3-c2ccccc2)c2c(ccc3ccccc32)n1.Clc1nc(-c2cccc3ccccc23)c2ccc3ccccc3c2n1.Clc1nc(-c2ccccc2)c2ccc3ccccc3c2n1.Clc1nc(-c2ccccn2)c2c(ccc3ccccc32)n1. The normalized spacial score (nSPS) is 12.0. The van der Waals surface area contributed by atoms with Crippen molar-refractivity contribution < 1.29 is 0 Å². The molecule has 0 bridgehead atoms. The number of halogens is 5. The van der Waals surface area contributed by atoms with Crippen molar-refractivity contribution in [2.24, 2.45) is 0 Å². The predicted octanol–water partition coefficient (Wildman–Crippen LogP) is 31.5. The number of fused-ring (bicyclic) bond motifs is 22. The van der Waals surface area contributed by atoms with Crippen molar-refractivity contribution in [2.45, 2.75) is 19.3 Å². The van der Waals surface area contributed by atoms with Crippen LogP contribution in [-0.2, 0) is 5.41 Å². The van der Waals surface area contributed by atoms with E-state index in [-0.39, 0.29) is 31.8 Å². The van der Waals surface area contributed by atoms with Crippen LogP contribution in [0.3, 0.4) is 0 Å². The molecule has 0 unspecified atom stereocenters. The molecular formula is C114H71Cl5N12. The van der Waals surface area contributed by atoms with Gasteiger partial charge in [0.1, 0.15) is 5.69 Å². The highest BCUT2D eigenvalue weighted by atomic mass is 35.5. The van der Waals surface area contributed by atoms with Crippen molar-refractivity contribution in [1.29, 1.82) is 0 Å². The fraction of sp³-hybridized carbons (Fsp3) is 0.0263. The van der Waals surface area contributed by atoms with Gasteiger partial charge >= 0.3 is 0 Å². The van der Waals surface area contributed by atoms with Gasteiger partial charge in [0, 0.05) is 88.0 Å². The van der Waals surface area contributed by atoms with Crippen LogP contribution >= 0.6 is 58.0 Å². The Morgan fingerprint density at radius 3 is 1.18 bits per heavy atom. The standard InChI is InChI=1S/C30H18ClN3.C27H19ClN2.C22H13ClN2.C18H11ClN2.C17H10ClN3/c31-30-32-25-16-14-19-8-4-5-11-22(19)28(25)29(33-30)20-15-17-27-24(18-20)23-12-6-7-13-26(23)34(27)21-9-2-1-3-10-21;1-27(2)21-10-6-5-9-19(21)20-13-11-17(15-22(20)27)25-24-18-8-4-3-7-16(18)12-14-23(24)29-26(28)30-25;23-22-24-20-17-10-4-2-7-15(17)12-13-19(20)21(25-22)18-11-5-8-14-6-1-3-9-16(14)18;19-18-20-16(13-7-2-1-3-8-13)15-11-10-12-6-4-5-9-14(12)17(15)21-18;18-17-20-13-9-8-11-5-1-2-6-12(11)15(13)16(21-17)14-7-3-4-10-19-14/h1-18H;3-15H,1-2H3;1-13H;1-11H;1-10H. The third kappa shape index (κ3) is 15.2. The summed E-state index contributed by atoms with van der Waals surface area (Å²) in [6, 6.07) is 133. The van der Waals surface area contributed by atoms with Crippen molar-refractivity contribution in [1.82, 2.24) is 59.4 Å². The van der Waals surface area contributed by atoms with Gasteiger partial charge in [-0.3, -0.25) is 4.98 Å². The Bertz CT molecular complexity index is 8860. The molecule has 0 fully saturated rings. The Hall–Kier alpha value is -15.4. The molecule has 622 valence electrons. The van der Waals surface area contributed by atoms with E-state index in [1.165, 1.54) is 49.3 Å². The van der Waals surface area contributed by atoms with Crippen molar-refractivity contribution in [3.8, 4) is 73.2 Å². The number of para-hydroxylation sites is 2. The molecular weight excluding hydrogens is 1710 g/mol. The first-order valence-corrected chi connectivity index (χ1v) is 44.7. The zero-order valence-corrected chi connectivity index (χ0v) is 74.1. The van der Waals surface area contributed by atoms with Gasteiger partial charge in [-0.25, -0.2) is 49.8 Å². The molecule has 26 rings (SSSR count). The lowest BCUT2D eigenvalue weighted by Crippen LogP contribution is -2.14. The average Bonchev–Trinajstić information content (AvgIpc) is 1.60. The number of hydrogen-bond acceptors (Lipinski definition) is 11. The summed E-state index contributed by atoms with van der Waals surface area (Å²) in [5.74, 6) is 0. The smallest absolute Gasteiger partial charge is 0.223 e. The van der Waals surface area contributed by atoms with Crippen LogP contribution < -0.4 is 0 Å². The van der Waals surface area contributed by atoms with Gasteiger partial charge in [-0.1, -0.05) is 323 Å². The summed E-state index contributed by atoms with van der Waals surface area (Å²) in [6.07, 6.45) is 1.75. The van der Waals surface area contributed by atoms with E-state index in [0.29, 0.717) is 0 Å². The number of hydrogen-bond donors (Lipinski definition) is 0. The molecule has 0 atom stereocenters. The molecule has 7 aromatic heterocycles. The molecule has 0 saturated carbocycles. The molecule has 1 aliphatic rings. The van der Waals surface area contributed by atoms with Gasteiger partial charge in [0.25, 0.3) is 0 Å². The van der Waals surface area contributed by atoms with E-state index in [9.17, 15) is 0 Å². The van der Waals surface area contributed by atoms with Crippen LogP contribution in [0.4, 0.5) is 0 Å². The van der Waals surface area contributed by atoms with Crippen molar-refractivity contribution >= 4 is 199 Å². The zero-order valence-electron chi connectivity index (χ0n) is 70.3. The summed E-state index contributed by atoms with van der Waals surface area (Å²) < 4.78 is 2.31. The Morgan fingerprint density at radius 1 is 0.229 bits per heavy atom. The van der Waals surface area contributed by atoms with Gasteiger partial charge in [0.2, 0.25) is 26.4 Å². The predicted molar refractivity (Wildman–Crippen MR) is 545 cm³/mol. The van der Waals surface area contributed by atoms with Crippen LogP contribution in [-0.4, -0.2) is 59.4 Å². The van der Waals surface area contributed by atoms with Gasteiger partial charge in [0.05, 0.1) is 67.1 Å². The molecule has 1 aliphatic carbocycles. The lowest BCUT2D eigenvalue weighted by molar-refractivity contribution is 0.660. The lowest BCUT2D eigenvalue weighted by Gasteiger charge is -2.22. The minimum atomic E-state index is -0.0589. The Morgan fingerprint density at radius 2 is 0.618 bits per heavy atom. The molecule has 0 aliphatic heterocycles. The summed E-state index contributed by atoms with van der Waals surface area (Å²) in [5.41, 5.74) is 22.3. The van der Waals surface area contributed by atoms with E-state index in [0.717, 1.165) is 176 Å². The minimum absolute atomic E-state index is 0.0589. The maximum Gasteiger partial charge on any atom is 0.223 e.